The fourth-order valence-electron chi connectivity index (χ4n) is 1.23. The van der Waals surface area contributed by atoms with Crippen molar-refractivity contribution >= 4 is 5.97 Å². The zero-order valence-electron chi connectivity index (χ0n) is 10.6. The summed E-state index contributed by atoms with van der Waals surface area (Å²) in [7, 11) is 0. The van der Waals surface area contributed by atoms with E-state index in [0.717, 1.165) is 13.0 Å². The van der Waals surface area contributed by atoms with E-state index in [1.807, 2.05) is 0 Å². The Hall–Kier alpha value is -0.830. The molecule has 0 rings (SSSR count). The highest BCUT2D eigenvalue weighted by Crippen LogP contribution is 2.02. The zero-order chi connectivity index (χ0) is 12.2. The summed E-state index contributed by atoms with van der Waals surface area (Å²) in [5.41, 5.74) is 0.430. The SMILES string of the molecule is C=C(C)C(=O)OCCOCCCCCCC. The van der Waals surface area contributed by atoms with Crippen LogP contribution < -0.4 is 0 Å². The van der Waals surface area contributed by atoms with Gasteiger partial charge in [0, 0.05) is 12.2 Å². The minimum atomic E-state index is -0.341. The minimum absolute atomic E-state index is 0.320. The number of hydrogen-bond acceptors (Lipinski definition) is 3. The van der Waals surface area contributed by atoms with Crippen molar-refractivity contribution in [3.63, 3.8) is 0 Å². The van der Waals surface area contributed by atoms with Gasteiger partial charge >= 0.3 is 5.97 Å². The third-order valence-corrected chi connectivity index (χ3v) is 2.20. The number of carbonyl (C=O) groups is 1. The highest BCUT2D eigenvalue weighted by molar-refractivity contribution is 5.86. The van der Waals surface area contributed by atoms with Gasteiger partial charge in [-0.15, -0.1) is 0 Å². The summed E-state index contributed by atoms with van der Waals surface area (Å²) < 4.78 is 10.2. The molecule has 0 aliphatic carbocycles. The highest BCUT2D eigenvalue weighted by atomic mass is 16.6. The van der Waals surface area contributed by atoms with E-state index in [-0.39, 0.29) is 5.97 Å². The average molecular weight is 228 g/mol. The zero-order valence-corrected chi connectivity index (χ0v) is 10.6. The fourth-order valence-corrected chi connectivity index (χ4v) is 1.23. The third kappa shape index (κ3) is 9.71. The molecule has 0 heterocycles. The standard InChI is InChI=1S/C13H24O3/c1-4-5-6-7-8-9-15-10-11-16-13(14)12(2)3/h2,4-11H2,1,3H3. The van der Waals surface area contributed by atoms with Crippen LogP contribution in [0.25, 0.3) is 0 Å². The first-order valence-electron chi connectivity index (χ1n) is 6.08. The lowest BCUT2D eigenvalue weighted by atomic mass is 10.2. The molecule has 0 amide bonds. The van der Waals surface area contributed by atoms with Crippen molar-refractivity contribution in [2.45, 2.75) is 46.0 Å². The van der Waals surface area contributed by atoms with Crippen LogP contribution in [0.5, 0.6) is 0 Å². The maximum absolute atomic E-state index is 11.0. The normalized spacial score (nSPS) is 10.1. The summed E-state index contributed by atoms with van der Waals surface area (Å²) in [5.74, 6) is -0.341. The Morgan fingerprint density at radius 3 is 2.38 bits per heavy atom. The van der Waals surface area contributed by atoms with E-state index in [9.17, 15) is 4.79 Å². The molecule has 0 aromatic heterocycles. The first kappa shape index (κ1) is 15.2. The van der Waals surface area contributed by atoms with E-state index in [0.29, 0.717) is 18.8 Å². The molecule has 0 fully saturated rings. The van der Waals surface area contributed by atoms with Crippen molar-refractivity contribution in [2.75, 3.05) is 19.8 Å². The maximum atomic E-state index is 11.0. The Kier molecular flexibility index (Phi) is 10.1. The van der Waals surface area contributed by atoms with Gasteiger partial charge in [-0.05, 0) is 13.3 Å². The lowest BCUT2D eigenvalue weighted by Crippen LogP contribution is -2.11. The van der Waals surface area contributed by atoms with Crippen LogP contribution in [0.4, 0.5) is 0 Å². The van der Waals surface area contributed by atoms with Crippen molar-refractivity contribution in [1.29, 1.82) is 0 Å². The number of ether oxygens (including phenoxy) is 2. The van der Waals surface area contributed by atoms with Crippen LogP contribution in [0.15, 0.2) is 12.2 Å². The molecule has 3 nitrogen and oxygen atoms in total. The van der Waals surface area contributed by atoms with E-state index >= 15 is 0 Å². The molecule has 0 saturated heterocycles. The molecule has 0 radical (unpaired) electrons. The van der Waals surface area contributed by atoms with Gasteiger partial charge in [0.25, 0.3) is 0 Å². The molecular weight excluding hydrogens is 204 g/mol. The van der Waals surface area contributed by atoms with E-state index < -0.39 is 0 Å². The van der Waals surface area contributed by atoms with Gasteiger partial charge < -0.3 is 9.47 Å². The lowest BCUT2D eigenvalue weighted by molar-refractivity contribution is -0.140. The molecule has 0 aliphatic rings. The van der Waals surface area contributed by atoms with Crippen LogP contribution in [0.1, 0.15) is 46.0 Å². The molecule has 0 saturated carbocycles. The molecule has 0 aliphatic heterocycles. The second kappa shape index (κ2) is 10.7. The van der Waals surface area contributed by atoms with Gasteiger partial charge in [0.05, 0.1) is 6.61 Å². The minimum Gasteiger partial charge on any atom is -0.460 e. The topological polar surface area (TPSA) is 35.5 Å². The quantitative estimate of drug-likeness (QED) is 0.327. The van der Waals surface area contributed by atoms with E-state index in [2.05, 4.69) is 13.5 Å². The van der Waals surface area contributed by atoms with Gasteiger partial charge in [-0.1, -0.05) is 39.2 Å². The molecule has 0 spiro atoms. The second-order valence-electron chi connectivity index (χ2n) is 3.94. The Labute approximate surface area is 98.8 Å². The highest BCUT2D eigenvalue weighted by Gasteiger charge is 2.01. The summed E-state index contributed by atoms with van der Waals surface area (Å²) in [6, 6.07) is 0. The van der Waals surface area contributed by atoms with Crippen LogP contribution in [-0.2, 0) is 14.3 Å². The van der Waals surface area contributed by atoms with Crippen LogP contribution >= 0.6 is 0 Å². The van der Waals surface area contributed by atoms with Crippen LogP contribution in [0, 0.1) is 0 Å². The lowest BCUT2D eigenvalue weighted by Gasteiger charge is -2.05. The molecule has 0 aromatic rings. The fraction of sp³-hybridized carbons (Fsp3) is 0.769. The van der Waals surface area contributed by atoms with Crippen molar-refractivity contribution in [3.05, 3.63) is 12.2 Å². The van der Waals surface area contributed by atoms with E-state index in [1.165, 1.54) is 25.7 Å². The van der Waals surface area contributed by atoms with Crippen molar-refractivity contribution < 1.29 is 14.3 Å². The van der Waals surface area contributed by atoms with Gasteiger partial charge in [0.15, 0.2) is 0 Å². The van der Waals surface area contributed by atoms with Gasteiger partial charge in [0.2, 0.25) is 0 Å². The van der Waals surface area contributed by atoms with E-state index in [4.69, 9.17) is 9.47 Å². The number of rotatable bonds is 10. The second-order valence-corrected chi connectivity index (χ2v) is 3.94. The number of carbonyl (C=O) groups excluding carboxylic acids is 1. The average Bonchev–Trinajstić information content (AvgIpc) is 2.26. The first-order chi connectivity index (χ1) is 7.68. The van der Waals surface area contributed by atoms with Gasteiger partial charge in [0.1, 0.15) is 6.61 Å². The molecule has 0 bridgehead atoms. The number of esters is 1. The Balaban J connectivity index is 3.10. The van der Waals surface area contributed by atoms with Crippen molar-refractivity contribution in [2.24, 2.45) is 0 Å². The molecule has 0 unspecified atom stereocenters. The summed E-state index contributed by atoms with van der Waals surface area (Å²) in [5, 5.41) is 0. The molecule has 94 valence electrons. The Bertz CT molecular complexity index is 199. The Morgan fingerprint density at radius 1 is 1.06 bits per heavy atom. The Morgan fingerprint density at radius 2 is 1.75 bits per heavy atom. The first-order valence-corrected chi connectivity index (χ1v) is 6.08. The monoisotopic (exact) mass is 228 g/mol. The van der Waals surface area contributed by atoms with Crippen LogP contribution in [0.3, 0.4) is 0 Å². The summed E-state index contributed by atoms with van der Waals surface area (Å²) in [6.45, 7) is 8.89. The van der Waals surface area contributed by atoms with E-state index in [1.54, 1.807) is 6.92 Å². The molecule has 0 N–H and O–H groups in total. The molecule has 0 atom stereocenters. The molecule has 16 heavy (non-hydrogen) atoms. The maximum Gasteiger partial charge on any atom is 0.333 e. The third-order valence-electron chi connectivity index (χ3n) is 2.20. The van der Waals surface area contributed by atoms with Crippen molar-refractivity contribution in [3.8, 4) is 0 Å². The number of unbranched alkanes of at least 4 members (excludes halogenated alkanes) is 4. The predicted molar refractivity (Wildman–Crippen MR) is 65.4 cm³/mol. The van der Waals surface area contributed by atoms with Crippen molar-refractivity contribution in [1.82, 2.24) is 0 Å². The molecular formula is C13H24O3. The largest absolute Gasteiger partial charge is 0.460 e. The number of hydrogen-bond donors (Lipinski definition) is 0. The molecule has 0 aromatic carbocycles. The summed E-state index contributed by atoms with van der Waals surface area (Å²) in [4.78, 5) is 11.0. The smallest absolute Gasteiger partial charge is 0.333 e. The van der Waals surface area contributed by atoms with Gasteiger partial charge in [-0.25, -0.2) is 4.79 Å². The molecule has 3 heteroatoms. The summed E-state index contributed by atoms with van der Waals surface area (Å²) >= 11 is 0. The van der Waals surface area contributed by atoms with Crippen LogP contribution in [0.2, 0.25) is 0 Å². The van der Waals surface area contributed by atoms with Gasteiger partial charge in [-0.3, -0.25) is 0 Å². The van der Waals surface area contributed by atoms with Crippen LogP contribution in [-0.4, -0.2) is 25.8 Å². The summed E-state index contributed by atoms with van der Waals surface area (Å²) in [6.07, 6.45) is 6.16. The van der Waals surface area contributed by atoms with Gasteiger partial charge in [-0.2, -0.15) is 0 Å². The predicted octanol–water partition coefficient (Wildman–Crippen LogP) is 3.09.